The van der Waals surface area contributed by atoms with Crippen LogP contribution in [0.5, 0.6) is 0 Å². The molecule has 0 aromatic rings. The molecule has 0 aliphatic carbocycles. The van der Waals surface area contributed by atoms with E-state index in [2.05, 4.69) is 4.18 Å². The second kappa shape index (κ2) is 11.6. The first kappa shape index (κ1) is 17.6. The van der Waals surface area contributed by atoms with Crippen molar-refractivity contribution in [1.82, 2.24) is 0 Å². The van der Waals surface area contributed by atoms with Gasteiger partial charge >= 0.3 is 0 Å². The summed E-state index contributed by atoms with van der Waals surface area (Å²) in [7, 11) is -3.29. The van der Waals surface area contributed by atoms with Gasteiger partial charge in [0.1, 0.15) is 0 Å². The highest BCUT2D eigenvalue weighted by Crippen LogP contribution is 1.99. The fraction of sp³-hybridized carbons (Fsp3) is 0.833. The van der Waals surface area contributed by atoms with Crippen molar-refractivity contribution in [2.24, 2.45) is 0 Å². The largest absolute Gasteiger partial charge is 0.379 e. The van der Waals surface area contributed by atoms with Gasteiger partial charge in [-0.1, -0.05) is 12.2 Å². The topological polar surface area (TPSA) is 61.8 Å². The SMILES string of the molecule is CCOCCOC/C=C/CCCCOS(C)(=O)=O. The molecule has 0 heterocycles. The second-order valence-electron chi connectivity index (χ2n) is 3.77. The molecule has 0 fully saturated rings. The highest BCUT2D eigenvalue weighted by Gasteiger charge is 1.99. The van der Waals surface area contributed by atoms with E-state index in [-0.39, 0.29) is 6.61 Å². The number of allylic oxidation sites excluding steroid dienone is 1. The van der Waals surface area contributed by atoms with Crippen LogP contribution in [0, 0.1) is 0 Å². The average Bonchev–Trinajstić information content (AvgIpc) is 2.29. The van der Waals surface area contributed by atoms with Crippen molar-refractivity contribution in [3.8, 4) is 0 Å². The van der Waals surface area contributed by atoms with Crippen LogP contribution < -0.4 is 0 Å². The van der Waals surface area contributed by atoms with Gasteiger partial charge in [0.05, 0.1) is 32.7 Å². The summed E-state index contributed by atoms with van der Waals surface area (Å²) in [4.78, 5) is 0. The van der Waals surface area contributed by atoms with Gasteiger partial charge < -0.3 is 9.47 Å². The van der Waals surface area contributed by atoms with Crippen molar-refractivity contribution >= 4 is 10.1 Å². The maximum absolute atomic E-state index is 10.7. The lowest BCUT2D eigenvalue weighted by Crippen LogP contribution is -2.04. The van der Waals surface area contributed by atoms with Gasteiger partial charge in [0.2, 0.25) is 0 Å². The van der Waals surface area contributed by atoms with Crippen molar-refractivity contribution in [2.45, 2.75) is 26.2 Å². The molecular formula is C12H24O5S. The number of ether oxygens (including phenoxy) is 2. The third-order valence-electron chi connectivity index (χ3n) is 2.02. The number of hydrogen-bond acceptors (Lipinski definition) is 5. The van der Waals surface area contributed by atoms with E-state index in [4.69, 9.17) is 9.47 Å². The summed E-state index contributed by atoms with van der Waals surface area (Å²) < 4.78 is 36.3. The Hall–Kier alpha value is -0.430. The lowest BCUT2D eigenvalue weighted by atomic mass is 10.2. The molecule has 0 bridgehead atoms. The predicted molar refractivity (Wildman–Crippen MR) is 71.1 cm³/mol. The molecule has 5 nitrogen and oxygen atoms in total. The zero-order valence-corrected chi connectivity index (χ0v) is 12.1. The molecule has 0 aromatic heterocycles. The van der Waals surface area contributed by atoms with Gasteiger partial charge in [-0.2, -0.15) is 8.42 Å². The minimum absolute atomic E-state index is 0.261. The summed E-state index contributed by atoms with van der Waals surface area (Å²) in [6.07, 6.45) is 7.60. The zero-order chi connectivity index (χ0) is 13.7. The van der Waals surface area contributed by atoms with Crippen LogP contribution in [0.25, 0.3) is 0 Å². The molecular weight excluding hydrogens is 256 g/mol. The number of hydrogen-bond donors (Lipinski definition) is 0. The van der Waals surface area contributed by atoms with E-state index in [1.165, 1.54) is 0 Å². The highest BCUT2D eigenvalue weighted by molar-refractivity contribution is 7.85. The third-order valence-corrected chi connectivity index (χ3v) is 2.61. The maximum atomic E-state index is 10.7. The first-order chi connectivity index (χ1) is 8.56. The summed E-state index contributed by atoms with van der Waals surface area (Å²) in [5.41, 5.74) is 0. The summed E-state index contributed by atoms with van der Waals surface area (Å²) in [5.74, 6) is 0. The summed E-state index contributed by atoms with van der Waals surface area (Å²) in [5, 5.41) is 0. The van der Waals surface area contributed by atoms with Crippen LogP contribution >= 0.6 is 0 Å². The van der Waals surface area contributed by atoms with E-state index in [9.17, 15) is 8.42 Å². The van der Waals surface area contributed by atoms with Gasteiger partial charge in [-0.15, -0.1) is 0 Å². The minimum Gasteiger partial charge on any atom is -0.379 e. The minimum atomic E-state index is -3.29. The van der Waals surface area contributed by atoms with Crippen molar-refractivity contribution in [3.05, 3.63) is 12.2 Å². The maximum Gasteiger partial charge on any atom is 0.264 e. The van der Waals surface area contributed by atoms with Crippen LogP contribution in [0.1, 0.15) is 26.2 Å². The Morgan fingerprint density at radius 3 is 2.39 bits per heavy atom. The fourth-order valence-corrected chi connectivity index (χ4v) is 1.59. The molecule has 0 saturated carbocycles. The molecule has 0 unspecified atom stereocenters. The van der Waals surface area contributed by atoms with Crippen molar-refractivity contribution in [1.29, 1.82) is 0 Å². The van der Waals surface area contributed by atoms with E-state index in [0.717, 1.165) is 32.1 Å². The molecule has 0 atom stereocenters. The average molecular weight is 280 g/mol. The van der Waals surface area contributed by atoms with Crippen molar-refractivity contribution in [3.63, 3.8) is 0 Å². The van der Waals surface area contributed by atoms with Crippen LogP contribution in [0.2, 0.25) is 0 Å². The Bertz CT molecular complexity index is 298. The van der Waals surface area contributed by atoms with Crippen molar-refractivity contribution < 1.29 is 22.1 Å². The monoisotopic (exact) mass is 280 g/mol. The quantitative estimate of drug-likeness (QED) is 0.309. The van der Waals surface area contributed by atoms with E-state index in [0.29, 0.717) is 19.8 Å². The fourth-order valence-electron chi connectivity index (χ4n) is 1.17. The Balaban J connectivity index is 3.18. The lowest BCUT2D eigenvalue weighted by molar-refractivity contribution is 0.0643. The molecule has 108 valence electrons. The highest BCUT2D eigenvalue weighted by atomic mass is 32.2. The van der Waals surface area contributed by atoms with Gasteiger partial charge in [-0.3, -0.25) is 4.18 Å². The van der Waals surface area contributed by atoms with Gasteiger partial charge in [0.15, 0.2) is 0 Å². The van der Waals surface area contributed by atoms with E-state index in [1.807, 2.05) is 19.1 Å². The Kier molecular flexibility index (Phi) is 11.4. The molecule has 18 heavy (non-hydrogen) atoms. The lowest BCUT2D eigenvalue weighted by Gasteiger charge is -2.01. The van der Waals surface area contributed by atoms with Crippen LogP contribution in [0.15, 0.2) is 12.2 Å². The molecule has 0 radical (unpaired) electrons. The first-order valence-corrected chi connectivity index (χ1v) is 8.03. The normalized spacial score (nSPS) is 12.3. The Morgan fingerprint density at radius 1 is 1.00 bits per heavy atom. The van der Waals surface area contributed by atoms with E-state index in [1.54, 1.807) is 0 Å². The van der Waals surface area contributed by atoms with Crippen LogP contribution in [0.4, 0.5) is 0 Å². The molecule has 0 aliphatic heterocycles. The summed E-state index contributed by atoms with van der Waals surface area (Å²) >= 11 is 0. The molecule has 0 N–H and O–H groups in total. The first-order valence-electron chi connectivity index (χ1n) is 6.21. The molecule has 0 saturated heterocycles. The van der Waals surface area contributed by atoms with E-state index < -0.39 is 10.1 Å². The molecule has 0 spiro atoms. The smallest absolute Gasteiger partial charge is 0.264 e. The van der Waals surface area contributed by atoms with Gasteiger partial charge in [0, 0.05) is 6.61 Å². The standard InChI is InChI=1S/C12H24O5S/c1-3-15-11-12-16-9-7-5-4-6-8-10-17-18(2,13)14/h5,7H,3-4,6,8-12H2,1-2H3/b7-5+. The van der Waals surface area contributed by atoms with Crippen LogP contribution in [-0.2, 0) is 23.8 Å². The van der Waals surface area contributed by atoms with Crippen LogP contribution in [-0.4, -0.2) is 47.7 Å². The van der Waals surface area contributed by atoms with Gasteiger partial charge in [-0.25, -0.2) is 0 Å². The molecule has 0 amide bonds. The number of unbranched alkanes of at least 4 members (excludes halogenated alkanes) is 2. The van der Waals surface area contributed by atoms with Crippen molar-refractivity contribution in [2.75, 3.05) is 39.3 Å². The Labute approximate surface area is 110 Å². The predicted octanol–water partition coefficient (Wildman–Crippen LogP) is 1.74. The molecule has 6 heteroatoms. The van der Waals surface area contributed by atoms with E-state index >= 15 is 0 Å². The summed E-state index contributed by atoms with van der Waals surface area (Å²) in [6.45, 7) is 4.76. The molecule has 0 aromatic carbocycles. The third kappa shape index (κ3) is 15.6. The summed E-state index contributed by atoms with van der Waals surface area (Å²) in [6, 6.07) is 0. The number of rotatable bonds is 12. The Morgan fingerprint density at radius 2 is 1.72 bits per heavy atom. The second-order valence-corrected chi connectivity index (χ2v) is 5.41. The zero-order valence-electron chi connectivity index (χ0n) is 11.3. The molecule has 0 rings (SSSR count). The van der Waals surface area contributed by atoms with Gasteiger partial charge in [-0.05, 0) is 26.2 Å². The van der Waals surface area contributed by atoms with Crippen LogP contribution in [0.3, 0.4) is 0 Å². The molecule has 0 aliphatic rings. The van der Waals surface area contributed by atoms with Gasteiger partial charge in [0.25, 0.3) is 10.1 Å².